The van der Waals surface area contributed by atoms with Gasteiger partial charge in [-0.15, -0.1) is 0 Å². The van der Waals surface area contributed by atoms with Crippen molar-refractivity contribution >= 4 is 11.7 Å². The van der Waals surface area contributed by atoms with Crippen LogP contribution in [0.4, 0.5) is 4.39 Å². The Hall–Kier alpha value is -4.92. The number of Topliss-reactive ketones (excluding diaryl/α,β-unsaturated/α-hetero) is 1. The lowest BCUT2D eigenvalue weighted by Gasteiger charge is -2.37. The van der Waals surface area contributed by atoms with Crippen molar-refractivity contribution in [3.8, 4) is 11.6 Å². The van der Waals surface area contributed by atoms with E-state index in [1.54, 1.807) is 12.1 Å². The van der Waals surface area contributed by atoms with Crippen molar-refractivity contribution in [2.24, 2.45) is 5.41 Å². The lowest BCUT2D eigenvalue weighted by atomic mass is 9.73. The number of rotatable bonds is 5. The van der Waals surface area contributed by atoms with Crippen molar-refractivity contribution in [1.82, 2.24) is 15.2 Å². The fourth-order valence-corrected chi connectivity index (χ4v) is 6.01. The zero-order valence-corrected chi connectivity index (χ0v) is 23.9. The highest BCUT2D eigenvalue weighted by atomic mass is 19.1. The van der Waals surface area contributed by atoms with E-state index in [0.29, 0.717) is 42.1 Å². The molecule has 3 aliphatic rings. The van der Waals surface area contributed by atoms with Gasteiger partial charge in [-0.05, 0) is 42.0 Å². The third kappa shape index (κ3) is 5.50. The van der Waals surface area contributed by atoms with Crippen molar-refractivity contribution in [2.45, 2.75) is 52.2 Å². The molecule has 9 heteroatoms. The van der Waals surface area contributed by atoms with Crippen molar-refractivity contribution < 1.29 is 28.9 Å². The van der Waals surface area contributed by atoms with Crippen LogP contribution in [0.2, 0.25) is 0 Å². The molecule has 0 fully saturated rings. The van der Waals surface area contributed by atoms with Crippen molar-refractivity contribution in [3.63, 3.8) is 0 Å². The largest absolute Gasteiger partial charge is 0.510 e. The second-order valence-electron chi connectivity index (χ2n) is 11.8. The molecule has 6 rings (SSSR count). The lowest BCUT2D eigenvalue weighted by Crippen LogP contribution is -2.39. The van der Waals surface area contributed by atoms with Gasteiger partial charge in [-0.25, -0.2) is 9.37 Å². The Kier molecular flexibility index (Phi) is 7.25. The van der Waals surface area contributed by atoms with E-state index in [4.69, 9.17) is 4.74 Å². The maximum Gasteiger partial charge on any atom is 0.277 e. The Morgan fingerprint density at radius 3 is 2.63 bits per heavy atom. The number of nitrogens with zero attached hydrogens (tertiary/aromatic N) is 2. The molecule has 1 atom stereocenters. The SMILES string of the molecule is CC1(C)CC(=O)C2=C(C1)NC1=C(O)CCC=C1N(C(=O)c1cccc(O)n1)C2c1ccc(OCc2ccccc2)cc1F. The first-order chi connectivity index (χ1) is 20.6. The molecule has 0 radical (unpaired) electrons. The molecular formula is C34H32FN3O5. The average molecular weight is 582 g/mol. The van der Waals surface area contributed by atoms with Gasteiger partial charge in [0.2, 0.25) is 5.88 Å². The Bertz CT molecular complexity index is 1710. The van der Waals surface area contributed by atoms with Crippen molar-refractivity contribution in [2.75, 3.05) is 0 Å². The first-order valence-corrected chi connectivity index (χ1v) is 14.2. The maximum atomic E-state index is 16.2. The Labute approximate surface area is 248 Å². The number of ketones is 1. The molecule has 8 nitrogen and oxygen atoms in total. The smallest absolute Gasteiger partial charge is 0.277 e. The summed E-state index contributed by atoms with van der Waals surface area (Å²) in [6, 6.07) is 17.0. The number of fused-ring (bicyclic) bond motifs is 1. The summed E-state index contributed by atoms with van der Waals surface area (Å²) in [6.45, 7) is 4.19. The molecule has 2 heterocycles. The van der Waals surface area contributed by atoms with E-state index in [0.717, 1.165) is 5.56 Å². The van der Waals surface area contributed by atoms with Crippen LogP contribution in [0.15, 0.2) is 101 Å². The van der Waals surface area contributed by atoms with Crippen molar-refractivity contribution in [3.05, 3.63) is 124 Å². The van der Waals surface area contributed by atoms with E-state index >= 15 is 4.39 Å². The van der Waals surface area contributed by atoms with Crippen LogP contribution in [-0.2, 0) is 11.4 Å². The van der Waals surface area contributed by atoms with Gasteiger partial charge >= 0.3 is 0 Å². The molecule has 0 bridgehead atoms. The third-order valence-corrected chi connectivity index (χ3v) is 7.94. The van der Waals surface area contributed by atoms with Gasteiger partial charge in [0.15, 0.2) is 5.78 Å². The van der Waals surface area contributed by atoms with Gasteiger partial charge < -0.3 is 20.3 Å². The van der Waals surface area contributed by atoms with Gasteiger partial charge in [-0.2, -0.15) is 0 Å². The summed E-state index contributed by atoms with van der Waals surface area (Å²) >= 11 is 0. The standard InChI is InChI=1S/C34H32FN3O5/c1-34(2)17-25-30(28(40)18-34)32(22-15-14-21(16-23(22)35)43-19-20-8-4-3-5-9-20)38(26-11-7-12-27(39)31(26)37-25)33(42)24-10-6-13-29(41)36-24/h3-6,8-11,13-16,32,37,39H,7,12,17-19H2,1-2H3,(H,36,41). The topological polar surface area (TPSA) is 112 Å². The normalized spacial score (nSPS) is 19.6. The maximum absolute atomic E-state index is 16.2. The third-order valence-electron chi connectivity index (χ3n) is 7.94. The number of allylic oxidation sites excluding steroid dienone is 3. The van der Waals surface area contributed by atoms with Gasteiger partial charge in [0.05, 0.1) is 11.7 Å². The number of hydrogen-bond donors (Lipinski definition) is 3. The van der Waals surface area contributed by atoms with Gasteiger partial charge in [0.1, 0.15) is 35.3 Å². The van der Waals surface area contributed by atoms with Crippen LogP contribution in [0, 0.1) is 11.2 Å². The van der Waals surface area contributed by atoms with E-state index in [9.17, 15) is 19.8 Å². The Balaban J connectivity index is 1.52. The van der Waals surface area contributed by atoms with E-state index in [2.05, 4.69) is 10.3 Å². The molecule has 0 spiro atoms. The van der Waals surface area contributed by atoms with E-state index in [1.807, 2.05) is 44.2 Å². The summed E-state index contributed by atoms with van der Waals surface area (Å²) in [6.07, 6.45) is 3.19. The number of hydrogen-bond acceptors (Lipinski definition) is 7. The highest BCUT2D eigenvalue weighted by Gasteiger charge is 2.46. The number of benzene rings is 2. The monoisotopic (exact) mass is 581 g/mol. The number of nitrogens with one attached hydrogen (secondary N) is 1. The van der Waals surface area contributed by atoms with Crippen LogP contribution in [0.5, 0.6) is 11.6 Å². The van der Waals surface area contributed by atoms with Gasteiger partial charge in [-0.3, -0.25) is 14.5 Å². The predicted octanol–water partition coefficient (Wildman–Crippen LogP) is 6.38. The first-order valence-electron chi connectivity index (χ1n) is 14.2. The summed E-state index contributed by atoms with van der Waals surface area (Å²) in [5, 5.41) is 24.4. The van der Waals surface area contributed by atoms with E-state index < -0.39 is 23.2 Å². The number of amides is 1. The highest BCUT2D eigenvalue weighted by Crippen LogP contribution is 2.48. The molecule has 0 saturated heterocycles. The molecule has 1 aromatic heterocycles. The van der Waals surface area contributed by atoms with Crippen LogP contribution < -0.4 is 10.1 Å². The molecule has 3 aromatic rings. The number of pyridine rings is 1. The number of aliphatic hydroxyl groups is 1. The molecule has 3 N–H and O–H groups in total. The number of carbonyl (C=O) groups excluding carboxylic acids is 2. The van der Waals surface area contributed by atoms with E-state index in [1.165, 1.54) is 35.2 Å². The average Bonchev–Trinajstić information content (AvgIpc) is 3.11. The zero-order chi connectivity index (χ0) is 30.3. The van der Waals surface area contributed by atoms with Crippen LogP contribution in [0.3, 0.4) is 0 Å². The summed E-state index contributed by atoms with van der Waals surface area (Å²) < 4.78 is 22.1. The number of aromatic nitrogens is 1. The van der Waals surface area contributed by atoms with Crippen molar-refractivity contribution in [1.29, 1.82) is 0 Å². The second kappa shape index (κ2) is 11.1. The predicted molar refractivity (Wildman–Crippen MR) is 157 cm³/mol. The van der Waals surface area contributed by atoms with Gasteiger partial charge in [-0.1, -0.05) is 56.3 Å². The molecule has 1 unspecified atom stereocenters. The van der Waals surface area contributed by atoms with Crippen LogP contribution in [0.25, 0.3) is 0 Å². The number of halogens is 1. The first kappa shape index (κ1) is 28.2. The zero-order valence-electron chi connectivity index (χ0n) is 23.9. The van der Waals surface area contributed by atoms with Crippen LogP contribution in [-0.4, -0.2) is 31.8 Å². The molecule has 2 aromatic carbocycles. The van der Waals surface area contributed by atoms with Crippen LogP contribution in [0.1, 0.15) is 67.2 Å². The number of carbonyl (C=O) groups is 2. The molecular weight excluding hydrogens is 549 g/mol. The van der Waals surface area contributed by atoms with Crippen LogP contribution >= 0.6 is 0 Å². The molecule has 220 valence electrons. The minimum Gasteiger partial charge on any atom is -0.510 e. The summed E-state index contributed by atoms with van der Waals surface area (Å²) in [7, 11) is 0. The quantitative estimate of drug-likeness (QED) is 0.320. The Morgan fingerprint density at radius 2 is 1.88 bits per heavy atom. The number of aromatic hydroxyl groups is 1. The number of ether oxygens (including phenoxy) is 1. The molecule has 2 aliphatic carbocycles. The minimum atomic E-state index is -1.18. The highest BCUT2D eigenvalue weighted by molar-refractivity contribution is 6.02. The van der Waals surface area contributed by atoms with Gasteiger partial charge in [0.25, 0.3) is 5.91 Å². The van der Waals surface area contributed by atoms with E-state index in [-0.39, 0.29) is 47.3 Å². The summed E-state index contributed by atoms with van der Waals surface area (Å²) in [5.41, 5.74) is 1.91. The second-order valence-corrected chi connectivity index (χ2v) is 11.8. The molecule has 43 heavy (non-hydrogen) atoms. The minimum absolute atomic E-state index is 0.0348. The lowest BCUT2D eigenvalue weighted by molar-refractivity contribution is -0.118. The molecule has 0 saturated carbocycles. The Morgan fingerprint density at radius 1 is 1.09 bits per heavy atom. The summed E-state index contributed by atoms with van der Waals surface area (Å²) in [5.74, 6) is -1.56. The fourth-order valence-electron chi connectivity index (χ4n) is 6.01. The number of aliphatic hydroxyl groups excluding tert-OH is 1. The van der Waals surface area contributed by atoms with Gasteiger partial charge in [0, 0.05) is 41.8 Å². The molecule has 1 aliphatic heterocycles. The fraction of sp³-hybridized carbons (Fsp3) is 0.265. The molecule has 1 amide bonds. The summed E-state index contributed by atoms with van der Waals surface area (Å²) in [4.78, 5) is 33.6.